The minimum Gasteiger partial charge on any atom is -0.470 e. The van der Waals surface area contributed by atoms with E-state index in [1.54, 1.807) is 12.3 Å². The maximum absolute atomic E-state index is 11.2. The highest BCUT2D eigenvalue weighted by molar-refractivity contribution is 5.95. The summed E-state index contributed by atoms with van der Waals surface area (Å²) >= 11 is 0. The summed E-state index contributed by atoms with van der Waals surface area (Å²) in [5.41, 5.74) is 7.96. The number of carbonyl (C=O) groups excluding carboxylic acids is 1. The lowest BCUT2D eigenvalue weighted by atomic mass is 10.0. The lowest BCUT2D eigenvalue weighted by Gasteiger charge is -2.40. The van der Waals surface area contributed by atoms with E-state index in [9.17, 15) is 4.79 Å². The second kappa shape index (κ2) is 3.90. The van der Waals surface area contributed by atoms with E-state index in [0.29, 0.717) is 5.57 Å². The Morgan fingerprint density at radius 2 is 2.20 bits per heavy atom. The Labute approximate surface area is 116 Å². The van der Waals surface area contributed by atoms with Crippen LogP contribution in [0.2, 0.25) is 0 Å². The van der Waals surface area contributed by atoms with Gasteiger partial charge in [0, 0.05) is 24.5 Å². The van der Waals surface area contributed by atoms with Crippen molar-refractivity contribution in [2.24, 2.45) is 5.73 Å². The topological polar surface area (TPSA) is 58.8 Å². The molecule has 0 spiro atoms. The van der Waals surface area contributed by atoms with E-state index in [2.05, 4.69) is 6.08 Å². The van der Waals surface area contributed by atoms with Gasteiger partial charge in [-0.15, -0.1) is 0 Å². The number of carbonyl (C=O) groups is 1. The molecule has 0 aromatic rings. The summed E-state index contributed by atoms with van der Waals surface area (Å²) in [6, 6.07) is 0. The number of amides is 1. The van der Waals surface area contributed by atoms with Crippen molar-refractivity contribution in [1.82, 2.24) is 9.80 Å². The van der Waals surface area contributed by atoms with Gasteiger partial charge in [0.1, 0.15) is 6.10 Å². The molecule has 1 unspecified atom stereocenters. The predicted molar refractivity (Wildman–Crippen MR) is 73.0 cm³/mol. The summed E-state index contributed by atoms with van der Waals surface area (Å²) in [7, 11) is 0. The van der Waals surface area contributed by atoms with Gasteiger partial charge in [0.15, 0.2) is 0 Å². The van der Waals surface area contributed by atoms with Crippen LogP contribution in [0.25, 0.3) is 0 Å². The lowest BCUT2D eigenvalue weighted by Crippen LogP contribution is -2.36. The van der Waals surface area contributed by atoms with Crippen molar-refractivity contribution in [1.29, 1.82) is 0 Å². The molecule has 1 aliphatic carbocycles. The summed E-state index contributed by atoms with van der Waals surface area (Å²) in [6.45, 7) is 0. The number of nitrogens with zero attached hydrogens (tertiary/aromatic N) is 2. The number of hydrogen-bond acceptors (Lipinski definition) is 4. The molecule has 3 heterocycles. The van der Waals surface area contributed by atoms with Gasteiger partial charge in [-0.3, -0.25) is 9.69 Å². The zero-order valence-electron chi connectivity index (χ0n) is 10.7. The van der Waals surface area contributed by atoms with E-state index in [-0.39, 0.29) is 6.10 Å². The molecule has 100 valence electrons. The summed E-state index contributed by atoms with van der Waals surface area (Å²) in [5, 5.41) is 0. The largest absolute Gasteiger partial charge is 0.470 e. The van der Waals surface area contributed by atoms with E-state index in [4.69, 9.17) is 10.5 Å². The summed E-state index contributed by atoms with van der Waals surface area (Å²) in [6.07, 6.45) is 16.3. The van der Waals surface area contributed by atoms with Crippen LogP contribution in [0.5, 0.6) is 0 Å². The van der Waals surface area contributed by atoms with Gasteiger partial charge in [-0.1, -0.05) is 6.08 Å². The Morgan fingerprint density at radius 3 is 3.05 bits per heavy atom. The first-order valence-corrected chi connectivity index (χ1v) is 6.46. The number of rotatable bonds is 1. The first-order valence-electron chi connectivity index (χ1n) is 6.46. The molecule has 0 aromatic carbocycles. The van der Waals surface area contributed by atoms with Crippen LogP contribution < -0.4 is 5.73 Å². The molecule has 5 nitrogen and oxygen atoms in total. The van der Waals surface area contributed by atoms with Gasteiger partial charge in [0.05, 0.1) is 17.5 Å². The fourth-order valence-electron chi connectivity index (χ4n) is 2.63. The average Bonchev–Trinajstić information content (AvgIpc) is 2.45. The molecule has 4 aliphatic rings. The van der Waals surface area contributed by atoms with Crippen LogP contribution in [0, 0.1) is 0 Å². The second-order valence-electron chi connectivity index (χ2n) is 4.98. The molecular weight excluding hydrogens is 254 g/mol. The number of ether oxygens (including phenoxy) is 1. The highest BCUT2D eigenvalue weighted by atomic mass is 16.5. The van der Waals surface area contributed by atoms with Crippen molar-refractivity contribution in [3.63, 3.8) is 0 Å². The molecule has 3 aliphatic heterocycles. The Kier molecular flexibility index (Phi) is 2.18. The second-order valence-corrected chi connectivity index (χ2v) is 4.98. The summed E-state index contributed by atoms with van der Waals surface area (Å²) < 4.78 is 5.91. The number of hydrogen-bond donors (Lipinski definition) is 1. The van der Waals surface area contributed by atoms with Gasteiger partial charge >= 0.3 is 0 Å². The van der Waals surface area contributed by atoms with Crippen LogP contribution in [-0.4, -0.2) is 21.8 Å². The van der Waals surface area contributed by atoms with Crippen molar-refractivity contribution in [2.75, 3.05) is 0 Å². The minimum absolute atomic E-state index is 0.0902. The van der Waals surface area contributed by atoms with Crippen molar-refractivity contribution in [2.45, 2.75) is 12.5 Å². The molecular formula is C15H13N3O2. The van der Waals surface area contributed by atoms with Gasteiger partial charge in [0.25, 0.3) is 0 Å². The Balaban J connectivity index is 1.74. The molecule has 2 N–H and O–H groups in total. The van der Waals surface area contributed by atoms with E-state index in [1.165, 1.54) is 5.70 Å². The van der Waals surface area contributed by atoms with E-state index in [1.807, 2.05) is 40.4 Å². The zero-order chi connectivity index (χ0) is 13.7. The molecule has 1 atom stereocenters. The van der Waals surface area contributed by atoms with Gasteiger partial charge in [0.2, 0.25) is 11.8 Å². The Hall–Kier alpha value is -2.69. The molecule has 2 bridgehead atoms. The average molecular weight is 267 g/mol. The third-order valence-corrected chi connectivity index (χ3v) is 3.65. The molecule has 1 saturated heterocycles. The maximum Gasteiger partial charge on any atom is 0.250 e. The summed E-state index contributed by atoms with van der Waals surface area (Å²) in [5.74, 6) is 0.323. The fourth-order valence-corrected chi connectivity index (χ4v) is 2.63. The fraction of sp³-hybridized carbons (Fsp3) is 0.133. The first kappa shape index (κ1) is 11.2. The Bertz CT molecular complexity index is 679. The summed E-state index contributed by atoms with van der Waals surface area (Å²) in [4.78, 5) is 15.1. The number of nitrogens with two attached hydrogens (primary N) is 1. The van der Waals surface area contributed by atoms with Crippen molar-refractivity contribution in [3.8, 4) is 0 Å². The molecule has 0 radical (unpaired) electrons. The van der Waals surface area contributed by atoms with E-state index < -0.39 is 5.91 Å². The lowest BCUT2D eigenvalue weighted by molar-refractivity contribution is -0.114. The molecule has 4 rings (SSSR count). The zero-order valence-corrected chi connectivity index (χ0v) is 10.7. The number of allylic oxidation sites excluding steroid dienone is 3. The molecule has 1 amide bonds. The monoisotopic (exact) mass is 267 g/mol. The number of primary amides is 1. The first-order chi connectivity index (χ1) is 9.70. The van der Waals surface area contributed by atoms with Gasteiger partial charge in [-0.05, 0) is 24.3 Å². The van der Waals surface area contributed by atoms with Crippen molar-refractivity contribution >= 4 is 5.91 Å². The maximum atomic E-state index is 11.2. The van der Waals surface area contributed by atoms with Crippen LogP contribution in [0.3, 0.4) is 0 Å². The van der Waals surface area contributed by atoms with Gasteiger partial charge < -0.3 is 15.4 Å². The van der Waals surface area contributed by atoms with Gasteiger partial charge in [-0.2, -0.15) is 0 Å². The predicted octanol–water partition coefficient (Wildman–Crippen LogP) is 1.43. The van der Waals surface area contributed by atoms with Gasteiger partial charge in [-0.25, -0.2) is 0 Å². The van der Waals surface area contributed by atoms with Crippen LogP contribution in [-0.2, 0) is 9.53 Å². The third-order valence-electron chi connectivity index (χ3n) is 3.65. The van der Waals surface area contributed by atoms with Crippen molar-refractivity contribution < 1.29 is 9.53 Å². The quantitative estimate of drug-likeness (QED) is 0.780. The van der Waals surface area contributed by atoms with Crippen LogP contribution in [0.4, 0.5) is 0 Å². The third kappa shape index (κ3) is 1.60. The Morgan fingerprint density at radius 1 is 1.30 bits per heavy atom. The van der Waals surface area contributed by atoms with Crippen LogP contribution in [0.15, 0.2) is 71.8 Å². The normalized spacial score (nSPS) is 25.7. The molecule has 1 fully saturated rings. The molecule has 20 heavy (non-hydrogen) atoms. The molecule has 5 heteroatoms. The smallest absolute Gasteiger partial charge is 0.250 e. The van der Waals surface area contributed by atoms with E-state index >= 15 is 0 Å². The van der Waals surface area contributed by atoms with Crippen molar-refractivity contribution in [3.05, 3.63) is 71.8 Å². The number of fused-ring (bicyclic) bond motifs is 5. The molecule has 0 aromatic heterocycles. The molecule has 0 saturated carbocycles. The standard InChI is InChI=1S/C15H13N3O2/c16-15(19)10-4-5-12-8-18-11-2-1-3-13(6-11)20-14(18)9-17(12)7-10/h1-5,7-9,13H,6H2,(H2,16,19). The van der Waals surface area contributed by atoms with Crippen LogP contribution >= 0.6 is 0 Å². The highest BCUT2D eigenvalue weighted by Gasteiger charge is 2.31. The minimum atomic E-state index is -0.437. The SMILES string of the molecule is NC(=O)C1=CN2C=C3OC4C=CC=C(C4)N3C=C2C=C1. The van der Waals surface area contributed by atoms with E-state index in [0.717, 1.165) is 18.0 Å². The van der Waals surface area contributed by atoms with Crippen LogP contribution in [0.1, 0.15) is 6.42 Å². The highest BCUT2D eigenvalue weighted by Crippen LogP contribution is 2.36.